The van der Waals surface area contributed by atoms with Crippen molar-refractivity contribution in [2.75, 3.05) is 13.1 Å². The summed E-state index contributed by atoms with van der Waals surface area (Å²) in [6, 6.07) is 5.95. The molecule has 2 aromatic rings. The lowest BCUT2D eigenvalue weighted by molar-refractivity contribution is 0.0947. The molecule has 0 bridgehead atoms. The molecule has 0 aliphatic carbocycles. The van der Waals surface area contributed by atoms with Crippen molar-refractivity contribution >= 4 is 17.2 Å². The van der Waals surface area contributed by atoms with E-state index in [2.05, 4.69) is 29.0 Å². The van der Waals surface area contributed by atoms with E-state index in [1.54, 1.807) is 12.1 Å². The van der Waals surface area contributed by atoms with Crippen LogP contribution in [0, 0.1) is 5.82 Å². The van der Waals surface area contributed by atoms with Crippen LogP contribution in [0.5, 0.6) is 0 Å². The molecule has 1 heterocycles. The largest absolute Gasteiger partial charge is 0.345 e. The van der Waals surface area contributed by atoms with Gasteiger partial charge < -0.3 is 5.32 Å². The Kier molecular flexibility index (Phi) is 6.03. The van der Waals surface area contributed by atoms with E-state index >= 15 is 0 Å². The summed E-state index contributed by atoms with van der Waals surface area (Å²) in [7, 11) is 0. The van der Waals surface area contributed by atoms with Gasteiger partial charge in [0.2, 0.25) is 0 Å². The van der Waals surface area contributed by atoms with Crippen molar-refractivity contribution < 1.29 is 9.18 Å². The van der Waals surface area contributed by atoms with Crippen LogP contribution in [0.4, 0.5) is 4.39 Å². The minimum absolute atomic E-state index is 0.0578. The molecule has 0 unspecified atom stereocenters. The highest BCUT2D eigenvalue weighted by molar-refractivity contribution is 7.09. The van der Waals surface area contributed by atoms with Gasteiger partial charge in [-0.15, -0.1) is 11.3 Å². The maximum atomic E-state index is 13.5. The van der Waals surface area contributed by atoms with Crippen LogP contribution in [0.2, 0.25) is 0 Å². The third kappa shape index (κ3) is 4.35. The number of hydrogen-bond donors (Lipinski definition) is 1. The van der Waals surface area contributed by atoms with Crippen LogP contribution in [-0.2, 0) is 13.1 Å². The zero-order valence-corrected chi connectivity index (χ0v) is 13.6. The van der Waals surface area contributed by atoms with Gasteiger partial charge in [-0.3, -0.25) is 9.69 Å². The third-order valence-electron chi connectivity index (χ3n) is 3.40. The van der Waals surface area contributed by atoms with E-state index in [0.29, 0.717) is 6.54 Å². The molecule has 0 aliphatic heterocycles. The van der Waals surface area contributed by atoms with E-state index in [9.17, 15) is 9.18 Å². The second kappa shape index (κ2) is 8.00. The van der Waals surface area contributed by atoms with Crippen LogP contribution < -0.4 is 5.32 Å². The first-order chi connectivity index (χ1) is 10.6. The Labute approximate surface area is 134 Å². The fourth-order valence-electron chi connectivity index (χ4n) is 2.08. The fourth-order valence-corrected chi connectivity index (χ4v) is 2.80. The maximum absolute atomic E-state index is 13.5. The molecule has 0 saturated carbocycles. The molecule has 6 heteroatoms. The lowest BCUT2D eigenvalue weighted by Gasteiger charge is -2.15. The molecule has 118 valence electrons. The Morgan fingerprint density at radius 1 is 1.32 bits per heavy atom. The van der Waals surface area contributed by atoms with E-state index in [1.165, 1.54) is 23.5 Å². The minimum Gasteiger partial charge on any atom is -0.345 e. The Bertz CT molecular complexity index is 625. The molecular formula is C16H20FN3OS. The smallest absolute Gasteiger partial charge is 0.254 e. The van der Waals surface area contributed by atoms with E-state index in [4.69, 9.17) is 0 Å². The lowest BCUT2D eigenvalue weighted by atomic mass is 10.2. The number of benzene rings is 1. The quantitative estimate of drug-likeness (QED) is 0.852. The van der Waals surface area contributed by atoms with Crippen LogP contribution in [0.3, 0.4) is 0 Å². The van der Waals surface area contributed by atoms with E-state index in [0.717, 1.165) is 30.3 Å². The van der Waals surface area contributed by atoms with Gasteiger partial charge in [0.15, 0.2) is 0 Å². The summed E-state index contributed by atoms with van der Waals surface area (Å²) in [4.78, 5) is 18.7. The second-order valence-corrected chi connectivity index (χ2v) is 5.80. The van der Waals surface area contributed by atoms with Crippen molar-refractivity contribution in [3.05, 3.63) is 51.7 Å². The van der Waals surface area contributed by atoms with Crippen molar-refractivity contribution in [3.63, 3.8) is 0 Å². The summed E-state index contributed by atoms with van der Waals surface area (Å²) < 4.78 is 13.5. The number of nitrogens with one attached hydrogen (secondary N) is 1. The summed E-state index contributed by atoms with van der Waals surface area (Å²) in [5, 5.41) is 5.53. The standard InChI is InChI=1S/C16H20FN3OS/c1-3-20(4-2)10-12-11-22-15(19-12)9-18-16(21)13-7-5-6-8-14(13)17/h5-8,11H,3-4,9-10H2,1-2H3,(H,18,21). The molecule has 0 spiro atoms. The zero-order valence-electron chi connectivity index (χ0n) is 12.8. The van der Waals surface area contributed by atoms with E-state index in [-0.39, 0.29) is 5.56 Å². The van der Waals surface area contributed by atoms with Crippen molar-refractivity contribution in [3.8, 4) is 0 Å². The fraction of sp³-hybridized carbons (Fsp3) is 0.375. The molecule has 0 radical (unpaired) electrons. The van der Waals surface area contributed by atoms with Gasteiger partial charge in [-0.25, -0.2) is 9.37 Å². The minimum atomic E-state index is -0.513. The van der Waals surface area contributed by atoms with Crippen LogP contribution in [0.15, 0.2) is 29.6 Å². The van der Waals surface area contributed by atoms with Crippen LogP contribution in [0.1, 0.15) is 34.9 Å². The summed E-state index contributed by atoms with van der Waals surface area (Å²) in [6.45, 7) is 7.32. The first-order valence-corrected chi connectivity index (χ1v) is 8.20. The summed E-state index contributed by atoms with van der Waals surface area (Å²) in [5.74, 6) is -0.931. The van der Waals surface area contributed by atoms with Gasteiger partial charge in [-0.05, 0) is 25.2 Å². The van der Waals surface area contributed by atoms with Gasteiger partial charge in [0.05, 0.1) is 17.8 Å². The number of nitrogens with zero attached hydrogens (tertiary/aromatic N) is 2. The highest BCUT2D eigenvalue weighted by atomic mass is 32.1. The number of carbonyl (C=O) groups is 1. The van der Waals surface area contributed by atoms with Gasteiger partial charge in [0, 0.05) is 11.9 Å². The van der Waals surface area contributed by atoms with Gasteiger partial charge >= 0.3 is 0 Å². The molecule has 1 aromatic heterocycles. The molecule has 1 N–H and O–H groups in total. The molecule has 22 heavy (non-hydrogen) atoms. The zero-order chi connectivity index (χ0) is 15.9. The molecule has 4 nitrogen and oxygen atoms in total. The van der Waals surface area contributed by atoms with Crippen LogP contribution in [-0.4, -0.2) is 28.9 Å². The average molecular weight is 321 g/mol. The maximum Gasteiger partial charge on any atom is 0.254 e. The molecule has 1 amide bonds. The third-order valence-corrected chi connectivity index (χ3v) is 4.30. The predicted molar refractivity (Wildman–Crippen MR) is 86.3 cm³/mol. The lowest BCUT2D eigenvalue weighted by Crippen LogP contribution is -2.24. The Morgan fingerprint density at radius 3 is 2.73 bits per heavy atom. The van der Waals surface area contributed by atoms with Crippen molar-refractivity contribution in [1.82, 2.24) is 15.2 Å². The van der Waals surface area contributed by atoms with Crippen LogP contribution in [0.25, 0.3) is 0 Å². The number of thiazole rings is 1. The highest BCUT2D eigenvalue weighted by Gasteiger charge is 2.11. The Hall–Kier alpha value is -1.79. The molecule has 0 aliphatic rings. The number of carbonyl (C=O) groups excluding carboxylic acids is 1. The topological polar surface area (TPSA) is 45.2 Å². The normalized spacial score (nSPS) is 10.9. The van der Waals surface area contributed by atoms with Gasteiger partial charge in [-0.2, -0.15) is 0 Å². The highest BCUT2D eigenvalue weighted by Crippen LogP contribution is 2.12. The van der Waals surface area contributed by atoms with E-state index < -0.39 is 11.7 Å². The number of halogens is 1. The second-order valence-electron chi connectivity index (χ2n) is 4.86. The average Bonchev–Trinajstić information content (AvgIpc) is 2.98. The molecule has 2 rings (SSSR count). The van der Waals surface area contributed by atoms with Gasteiger partial charge in [0.25, 0.3) is 5.91 Å². The van der Waals surface area contributed by atoms with Gasteiger partial charge in [-0.1, -0.05) is 26.0 Å². The molecular weight excluding hydrogens is 301 g/mol. The Balaban J connectivity index is 1.91. The molecule has 1 aromatic carbocycles. The summed E-state index contributed by atoms with van der Waals surface area (Å²) in [5.41, 5.74) is 1.06. The number of amides is 1. The Morgan fingerprint density at radius 2 is 2.05 bits per heavy atom. The van der Waals surface area contributed by atoms with E-state index in [1.807, 2.05) is 5.38 Å². The van der Waals surface area contributed by atoms with Crippen LogP contribution >= 0.6 is 11.3 Å². The molecule has 0 fully saturated rings. The summed E-state index contributed by atoms with van der Waals surface area (Å²) >= 11 is 1.51. The summed E-state index contributed by atoms with van der Waals surface area (Å²) in [6.07, 6.45) is 0. The number of rotatable bonds is 7. The van der Waals surface area contributed by atoms with Gasteiger partial charge in [0.1, 0.15) is 10.8 Å². The van der Waals surface area contributed by atoms with Crippen molar-refractivity contribution in [1.29, 1.82) is 0 Å². The SMILES string of the molecule is CCN(CC)Cc1csc(CNC(=O)c2ccccc2F)n1. The van der Waals surface area contributed by atoms with Crippen molar-refractivity contribution in [2.24, 2.45) is 0 Å². The first-order valence-electron chi connectivity index (χ1n) is 7.32. The molecule has 0 saturated heterocycles. The molecule has 0 atom stereocenters. The first kappa shape index (κ1) is 16.6. The monoisotopic (exact) mass is 321 g/mol. The number of aromatic nitrogens is 1. The number of hydrogen-bond acceptors (Lipinski definition) is 4. The predicted octanol–water partition coefficient (Wildman–Crippen LogP) is 3.05. The van der Waals surface area contributed by atoms with Crippen molar-refractivity contribution in [2.45, 2.75) is 26.9 Å².